The van der Waals surface area contributed by atoms with Crippen LogP contribution in [0.25, 0.3) is 33.1 Å². The van der Waals surface area contributed by atoms with Crippen LogP contribution in [0.15, 0.2) is 92.8 Å². The third-order valence-electron chi connectivity index (χ3n) is 9.76. The summed E-state index contributed by atoms with van der Waals surface area (Å²) in [6.45, 7) is 20.3. The molecule has 0 aliphatic heterocycles. The number of hydrogen-bond acceptors (Lipinski definition) is 12. The summed E-state index contributed by atoms with van der Waals surface area (Å²) < 4.78 is 0. The lowest BCUT2D eigenvalue weighted by Gasteiger charge is -2.18. The van der Waals surface area contributed by atoms with Gasteiger partial charge in [0.1, 0.15) is 11.4 Å². The Morgan fingerprint density at radius 2 is 0.810 bits per heavy atom. The minimum absolute atomic E-state index is 0.0926. The molecule has 6 aromatic rings. The number of pyridine rings is 6. The summed E-state index contributed by atoms with van der Waals surface area (Å²) in [5.41, 5.74) is 6.54. The van der Waals surface area contributed by atoms with Crippen LogP contribution < -0.4 is 0 Å². The van der Waals surface area contributed by atoms with E-state index in [-0.39, 0.29) is 34.5 Å². The maximum absolute atomic E-state index is 11.8. The van der Waals surface area contributed by atoms with E-state index in [0.29, 0.717) is 41.4 Å². The highest BCUT2D eigenvalue weighted by Gasteiger charge is 2.19. The van der Waals surface area contributed by atoms with Gasteiger partial charge in [-0.25, -0.2) is 29.9 Å². The van der Waals surface area contributed by atoms with Gasteiger partial charge in [0.2, 0.25) is 0 Å². The molecule has 0 amide bonds. The normalized spacial score (nSPS) is 14.2. The molecule has 12 nitrogen and oxygen atoms in total. The summed E-state index contributed by atoms with van der Waals surface area (Å²) in [5, 5.41) is 2.68. The van der Waals surface area contributed by atoms with Crippen molar-refractivity contribution >= 4 is 68.5 Å². The predicted octanol–water partition coefficient (Wildman–Crippen LogP) is 9.26. The average Bonchev–Trinajstić information content (AvgIpc) is 3.21. The van der Waals surface area contributed by atoms with E-state index in [1.54, 1.807) is 12.1 Å². The second kappa shape index (κ2) is 17.1. The highest BCUT2D eigenvalue weighted by atomic mass is 16.1. The van der Waals surface area contributed by atoms with Crippen molar-refractivity contribution in [2.75, 3.05) is 13.1 Å². The van der Waals surface area contributed by atoms with Gasteiger partial charge < -0.3 is 0 Å². The SMILES string of the molecule is CC(=O)c1ccc2ccc(C(C)N=CC(C)(C)CN=C(C)c3ccc4ccc(C(C)=NCC(C)(C)C=NC(C)c5ccc6ccc(C(C)=O)nc6n5)nc4n3)nc2n1. The first-order valence-corrected chi connectivity index (χ1v) is 19.4. The molecule has 0 N–H and O–H groups in total. The zero-order valence-electron chi connectivity index (χ0n) is 34.9. The van der Waals surface area contributed by atoms with Crippen molar-refractivity contribution in [2.45, 2.75) is 81.3 Å². The van der Waals surface area contributed by atoms with Gasteiger partial charge in [0.15, 0.2) is 28.5 Å². The maximum atomic E-state index is 11.8. The number of aliphatic imine (C=N–C) groups is 4. The number of aromatic nitrogens is 6. The number of rotatable bonds is 14. The minimum atomic E-state index is -0.328. The smallest absolute Gasteiger partial charge is 0.178 e. The zero-order valence-corrected chi connectivity index (χ0v) is 34.9. The minimum Gasteiger partial charge on any atom is -0.293 e. The van der Waals surface area contributed by atoms with E-state index < -0.39 is 0 Å². The molecule has 0 saturated carbocycles. The van der Waals surface area contributed by atoms with Gasteiger partial charge in [0.25, 0.3) is 0 Å². The van der Waals surface area contributed by atoms with E-state index in [2.05, 4.69) is 47.6 Å². The maximum Gasteiger partial charge on any atom is 0.178 e. The molecular formula is C46H50N10O2. The van der Waals surface area contributed by atoms with E-state index in [0.717, 1.165) is 50.4 Å². The number of Topliss-reactive ketones (excluding diaryl/α,β-unsaturated/α-hetero) is 2. The van der Waals surface area contributed by atoms with Gasteiger partial charge in [-0.2, -0.15) is 0 Å². The van der Waals surface area contributed by atoms with Crippen LogP contribution in [-0.4, -0.2) is 78.4 Å². The van der Waals surface area contributed by atoms with Crippen molar-refractivity contribution < 1.29 is 9.59 Å². The fourth-order valence-electron chi connectivity index (χ4n) is 5.95. The number of hydrogen-bond donors (Lipinski definition) is 0. The molecule has 12 heteroatoms. The lowest BCUT2D eigenvalue weighted by atomic mass is 9.95. The van der Waals surface area contributed by atoms with Gasteiger partial charge in [-0.1, -0.05) is 27.7 Å². The molecule has 0 bridgehead atoms. The summed E-state index contributed by atoms with van der Waals surface area (Å²) in [7, 11) is 0. The number of nitrogens with zero attached hydrogens (tertiary/aromatic N) is 10. The Balaban J connectivity index is 1.09. The van der Waals surface area contributed by atoms with Gasteiger partial charge in [-0.05, 0) is 100 Å². The van der Waals surface area contributed by atoms with Crippen LogP contribution in [0.3, 0.4) is 0 Å². The molecule has 0 fully saturated rings. The van der Waals surface area contributed by atoms with Gasteiger partial charge in [0, 0.05) is 66.4 Å². The van der Waals surface area contributed by atoms with E-state index >= 15 is 0 Å². The number of ketones is 2. The van der Waals surface area contributed by atoms with E-state index in [1.165, 1.54) is 13.8 Å². The van der Waals surface area contributed by atoms with E-state index in [4.69, 9.17) is 29.9 Å². The molecular weight excluding hydrogens is 725 g/mol. The summed E-state index contributed by atoms with van der Waals surface area (Å²) in [5.74, 6) is -0.185. The highest BCUT2D eigenvalue weighted by Crippen LogP contribution is 2.23. The predicted molar refractivity (Wildman–Crippen MR) is 234 cm³/mol. The molecule has 0 aliphatic rings. The lowest BCUT2D eigenvalue weighted by Crippen LogP contribution is -2.19. The number of carbonyl (C=O) groups excluding carboxylic acids is 2. The largest absolute Gasteiger partial charge is 0.293 e. The first-order chi connectivity index (χ1) is 27.5. The van der Waals surface area contributed by atoms with Gasteiger partial charge in [0.05, 0.1) is 46.3 Å². The Hall–Kier alpha value is -6.30. The Labute approximate surface area is 339 Å². The monoisotopic (exact) mass is 774 g/mol. The molecule has 6 rings (SSSR count). The highest BCUT2D eigenvalue weighted by molar-refractivity contribution is 6.01. The van der Waals surface area contributed by atoms with Crippen molar-refractivity contribution in [3.63, 3.8) is 0 Å². The van der Waals surface area contributed by atoms with Crippen LogP contribution in [0.5, 0.6) is 0 Å². The summed E-state index contributed by atoms with van der Waals surface area (Å²) in [4.78, 5) is 71.0. The second-order valence-corrected chi connectivity index (χ2v) is 16.2. The van der Waals surface area contributed by atoms with Crippen LogP contribution in [-0.2, 0) is 0 Å². The first-order valence-electron chi connectivity index (χ1n) is 19.4. The van der Waals surface area contributed by atoms with Crippen LogP contribution >= 0.6 is 0 Å². The third kappa shape index (κ3) is 10.2. The van der Waals surface area contributed by atoms with Gasteiger partial charge >= 0.3 is 0 Å². The Morgan fingerprint density at radius 1 is 0.500 bits per heavy atom. The molecule has 0 spiro atoms. The number of carbonyl (C=O) groups is 2. The topological polar surface area (TPSA) is 161 Å². The third-order valence-corrected chi connectivity index (χ3v) is 9.76. The molecule has 2 atom stereocenters. The lowest BCUT2D eigenvalue weighted by molar-refractivity contribution is 0.100. The molecule has 2 unspecified atom stereocenters. The van der Waals surface area contributed by atoms with Crippen molar-refractivity contribution in [3.05, 3.63) is 107 Å². The van der Waals surface area contributed by atoms with Crippen LogP contribution in [0.2, 0.25) is 0 Å². The molecule has 0 saturated heterocycles. The Kier molecular flexibility index (Phi) is 12.2. The molecule has 0 aromatic carbocycles. The molecule has 0 radical (unpaired) electrons. The van der Waals surface area contributed by atoms with Crippen molar-refractivity contribution in [2.24, 2.45) is 30.8 Å². The Morgan fingerprint density at radius 3 is 1.17 bits per heavy atom. The van der Waals surface area contributed by atoms with E-state index in [1.807, 2.05) is 101 Å². The molecule has 296 valence electrons. The standard InChI is InChI=1S/C46H50N10O2/c1-27(47-23-45(7,8)25-49-29(3)38-19-13-34-15-21-40(31(5)57)55-43(34)53-38)36-17-11-33-12-18-37(52-42(33)51-36)28(2)48-24-46(9,10)26-50-30(4)39-20-14-35-16-22-41(32(6)58)56-44(35)54-39/h11-22,25-26,29-30H,23-24H2,1-10H3. The fourth-order valence-corrected chi connectivity index (χ4v) is 5.95. The van der Waals surface area contributed by atoms with Crippen LogP contribution in [0.1, 0.15) is 125 Å². The molecule has 6 aromatic heterocycles. The molecule has 0 aliphatic carbocycles. The second-order valence-electron chi connectivity index (χ2n) is 16.2. The Bertz CT molecular complexity index is 2480. The average molecular weight is 775 g/mol. The fraction of sp³-hybridized carbons (Fsp3) is 0.348. The van der Waals surface area contributed by atoms with E-state index in [9.17, 15) is 9.59 Å². The van der Waals surface area contributed by atoms with Crippen molar-refractivity contribution in [3.8, 4) is 0 Å². The van der Waals surface area contributed by atoms with Crippen LogP contribution in [0, 0.1) is 10.8 Å². The molecule has 58 heavy (non-hydrogen) atoms. The first kappa shape index (κ1) is 41.3. The number of fused-ring (bicyclic) bond motifs is 3. The zero-order chi connectivity index (χ0) is 41.8. The van der Waals surface area contributed by atoms with Gasteiger partial charge in [-0.15, -0.1) is 0 Å². The summed E-state index contributed by atoms with van der Waals surface area (Å²) in [6, 6.07) is 22.6. The van der Waals surface area contributed by atoms with Crippen LogP contribution in [0.4, 0.5) is 0 Å². The van der Waals surface area contributed by atoms with Crippen molar-refractivity contribution in [1.29, 1.82) is 0 Å². The van der Waals surface area contributed by atoms with Crippen molar-refractivity contribution in [1.82, 2.24) is 29.9 Å². The molecule has 6 heterocycles. The quantitative estimate of drug-likeness (QED) is 0.0782. The summed E-state index contributed by atoms with van der Waals surface area (Å²) >= 11 is 0. The summed E-state index contributed by atoms with van der Waals surface area (Å²) in [6.07, 6.45) is 3.87. The van der Waals surface area contributed by atoms with Gasteiger partial charge in [-0.3, -0.25) is 29.6 Å².